The molecule has 5 heterocycles. The van der Waals surface area contributed by atoms with Crippen molar-refractivity contribution in [3.8, 4) is 56.2 Å². The molecule has 0 unspecified atom stereocenters. The van der Waals surface area contributed by atoms with Gasteiger partial charge in [0, 0.05) is 61.6 Å². The molecule has 0 bridgehead atoms. The van der Waals surface area contributed by atoms with Crippen LogP contribution in [0, 0.1) is 0 Å². The zero-order chi connectivity index (χ0) is 36.3. The van der Waals surface area contributed by atoms with Gasteiger partial charge in [0.25, 0.3) is 0 Å². The first-order chi connectivity index (χ1) is 27.2. The first-order valence-corrected chi connectivity index (χ1v) is 18.5. The summed E-state index contributed by atoms with van der Waals surface area (Å²) in [5.74, 6) is 0. The summed E-state index contributed by atoms with van der Waals surface area (Å²) in [7, 11) is 0. The molecule has 5 aromatic heterocycles. The van der Waals surface area contributed by atoms with E-state index < -0.39 is 0 Å². The molecule has 0 aliphatic rings. The molecule has 0 fully saturated rings. The van der Waals surface area contributed by atoms with E-state index in [2.05, 4.69) is 162 Å². The monoisotopic (exact) mass is 701 g/mol. The van der Waals surface area contributed by atoms with Crippen LogP contribution in [0.4, 0.5) is 0 Å². The van der Waals surface area contributed by atoms with Crippen LogP contribution in [0.25, 0.3) is 105 Å². The molecule has 0 aliphatic heterocycles. The van der Waals surface area contributed by atoms with Gasteiger partial charge in [-0.1, -0.05) is 152 Å². The van der Waals surface area contributed by atoms with Gasteiger partial charge in [0.05, 0.1) is 39.3 Å². The van der Waals surface area contributed by atoms with Crippen molar-refractivity contribution in [2.75, 3.05) is 0 Å². The van der Waals surface area contributed by atoms with E-state index in [9.17, 15) is 0 Å². The molecule has 0 N–H and O–H groups in total. The summed E-state index contributed by atoms with van der Waals surface area (Å²) < 4.78 is 2.13. The van der Waals surface area contributed by atoms with E-state index in [1.54, 1.807) is 0 Å². The van der Waals surface area contributed by atoms with E-state index >= 15 is 0 Å². The van der Waals surface area contributed by atoms with Crippen molar-refractivity contribution < 1.29 is 0 Å². The van der Waals surface area contributed by atoms with Gasteiger partial charge in [-0.3, -0.25) is 0 Å². The van der Waals surface area contributed by atoms with Gasteiger partial charge < -0.3 is 4.40 Å². The maximum atomic E-state index is 5.21. The molecule has 0 saturated carbocycles. The van der Waals surface area contributed by atoms with Gasteiger partial charge in [-0.25, -0.2) is 19.9 Å². The highest BCUT2D eigenvalue weighted by atomic mass is 15.0. The third-order valence-electron chi connectivity index (χ3n) is 10.6. The van der Waals surface area contributed by atoms with Crippen LogP contribution >= 0.6 is 0 Å². The number of pyridine rings is 4. The Bertz CT molecular complexity index is 3220. The molecule has 0 amide bonds. The van der Waals surface area contributed by atoms with Crippen LogP contribution in [0.1, 0.15) is 0 Å². The Labute approximate surface area is 316 Å². The molecule has 11 rings (SSSR count). The molecular weight excluding hydrogens is 671 g/mol. The third-order valence-corrected chi connectivity index (χ3v) is 10.6. The highest BCUT2D eigenvalue weighted by molar-refractivity contribution is 6.16. The third kappa shape index (κ3) is 5.33. The molecule has 6 aromatic carbocycles. The van der Waals surface area contributed by atoms with Crippen molar-refractivity contribution in [3.63, 3.8) is 0 Å². The minimum atomic E-state index is 0.910. The molecule has 55 heavy (non-hydrogen) atoms. The Morgan fingerprint density at radius 1 is 0.345 bits per heavy atom. The quantitative estimate of drug-likeness (QED) is 0.168. The number of rotatable bonds is 5. The fourth-order valence-electron chi connectivity index (χ4n) is 7.80. The number of aromatic nitrogens is 5. The van der Waals surface area contributed by atoms with Gasteiger partial charge in [-0.2, -0.15) is 0 Å². The van der Waals surface area contributed by atoms with E-state index in [0.717, 1.165) is 105 Å². The Balaban J connectivity index is 0.940. The number of imidazole rings is 1. The average molecular weight is 702 g/mol. The lowest BCUT2D eigenvalue weighted by molar-refractivity contribution is 1.20. The van der Waals surface area contributed by atoms with Crippen molar-refractivity contribution in [2.45, 2.75) is 0 Å². The summed E-state index contributed by atoms with van der Waals surface area (Å²) in [6, 6.07) is 61.3. The first-order valence-electron chi connectivity index (χ1n) is 18.5. The van der Waals surface area contributed by atoms with Crippen molar-refractivity contribution in [3.05, 3.63) is 188 Å². The second-order valence-corrected chi connectivity index (χ2v) is 13.9. The van der Waals surface area contributed by atoms with Crippen LogP contribution in [0.5, 0.6) is 0 Å². The number of para-hydroxylation sites is 1. The van der Waals surface area contributed by atoms with Crippen molar-refractivity contribution in [2.24, 2.45) is 0 Å². The highest BCUT2D eigenvalue weighted by Crippen LogP contribution is 2.37. The number of benzene rings is 6. The molecule has 5 heteroatoms. The van der Waals surface area contributed by atoms with Crippen LogP contribution in [-0.4, -0.2) is 24.3 Å². The molecule has 5 nitrogen and oxygen atoms in total. The summed E-state index contributed by atoms with van der Waals surface area (Å²) in [5.41, 5.74) is 14.1. The lowest BCUT2D eigenvalue weighted by Gasteiger charge is -2.12. The normalized spacial score (nSPS) is 11.6. The van der Waals surface area contributed by atoms with Gasteiger partial charge in [-0.15, -0.1) is 0 Å². The molecule has 0 aliphatic carbocycles. The van der Waals surface area contributed by atoms with Gasteiger partial charge in [-0.05, 0) is 35.4 Å². The Kier molecular flexibility index (Phi) is 7.10. The predicted octanol–water partition coefficient (Wildman–Crippen LogP) is 12.5. The van der Waals surface area contributed by atoms with E-state index in [4.69, 9.17) is 19.9 Å². The van der Waals surface area contributed by atoms with Crippen LogP contribution in [0.15, 0.2) is 188 Å². The lowest BCUT2D eigenvalue weighted by atomic mass is 9.98. The summed E-state index contributed by atoms with van der Waals surface area (Å²) in [4.78, 5) is 20.6. The molecule has 256 valence electrons. The number of hydrogen-bond donors (Lipinski definition) is 0. The minimum Gasteiger partial charge on any atom is -0.306 e. The zero-order valence-corrected chi connectivity index (χ0v) is 29.6. The predicted molar refractivity (Wildman–Crippen MR) is 226 cm³/mol. The second-order valence-electron chi connectivity index (χ2n) is 13.9. The molecular formula is C50H31N5. The molecule has 11 aromatic rings. The van der Waals surface area contributed by atoms with E-state index in [0.29, 0.717) is 0 Å². The topological polar surface area (TPSA) is 56.0 Å². The lowest BCUT2D eigenvalue weighted by Crippen LogP contribution is -1.93. The van der Waals surface area contributed by atoms with E-state index in [1.165, 1.54) is 0 Å². The van der Waals surface area contributed by atoms with Crippen molar-refractivity contribution in [1.82, 2.24) is 24.3 Å². The Morgan fingerprint density at radius 3 is 1.49 bits per heavy atom. The second kappa shape index (κ2) is 12.6. The fourth-order valence-corrected chi connectivity index (χ4v) is 7.80. The zero-order valence-electron chi connectivity index (χ0n) is 29.6. The maximum Gasteiger partial charge on any atom is 0.146 e. The van der Waals surface area contributed by atoms with Gasteiger partial charge in [0.15, 0.2) is 0 Å². The molecule has 0 atom stereocenters. The highest BCUT2D eigenvalue weighted by Gasteiger charge is 2.16. The number of nitrogens with zero attached hydrogens (tertiary/aromatic N) is 5. The molecule has 0 spiro atoms. The standard InChI is InChI=1S/C50H31N5/c1-3-9-34(10-4-1)42-27-25-38-23-24-39-26-28-43(52-49(39)48(38)51-42)36-19-15-32(16-20-36)33-17-21-37(22-18-33)47-41-29-30-55-31-45(35-11-5-2-6-12-35)54-50(55)46(41)40-13-7-8-14-44(40)53-47/h1-31H. The van der Waals surface area contributed by atoms with Crippen LogP contribution in [0.2, 0.25) is 0 Å². The summed E-state index contributed by atoms with van der Waals surface area (Å²) in [6.07, 6.45) is 4.20. The fraction of sp³-hybridized carbons (Fsp3) is 0. The molecule has 0 radical (unpaired) electrons. The Morgan fingerprint density at radius 2 is 0.855 bits per heavy atom. The number of fused-ring (bicyclic) bond motifs is 8. The first kappa shape index (κ1) is 31.1. The SMILES string of the molecule is c1ccc(-c2ccc3ccc4ccc(-c5ccc(-c6ccc(-c7nc8ccccc8c8c7ccn7cc(-c9ccccc9)nc87)cc6)cc5)nc4c3n2)cc1. The van der Waals surface area contributed by atoms with Gasteiger partial charge in [0.2, 0.25) is 0 Å². The Hall–Kier alpha value is -7.50. The van der Waals surface area contributed by atoms with Crippen molar-refractivity contribution >= 4 is 49.1 Å². The summed E-state index contributed by atoms with van der Waals surface area (Å²) in [5, 5.41) is 5.43. The molecule has 0 saturated heterocycles. The minimum absolute atomic E-state index is 0.910. The van der Waals surface area contributed by atoms with Crippen molar-refractivity contribution in [1.29, 1.82) is 0 Å². The van der Waals surface area contributed by atoms with Gasteiger partial charge >= 0.3 is 0 Å². The smallest absolute Gasteiger partial charge is 0.146 e. The summed E-state index contributed by atoms with van der Waals surface area (Å²) >= 11 is 0. The van der Waals surface area contributed by atoms with Crippen LogP contribution in [0.3, 0.4) is 0 Å². The van der Waals surface area contributed by atoms with Crippen LogP contribution < -0.4 is 0 Å². The number of hydrogen-bond acceptors (Lipinski definition) is 4. The largest absolute Gasteiger partial charge is 0.306 e. The van der Waals surface area contributed by atoms with Gasteiger partial charge in [0.1, 0.15) is 5.65 Å². The average Bonchev–Trinajstić information content (AvgIpc) is 3.71. The maximum absolute atomic E-state index is 5.21. The van der Waals surface area contributed by atoms with Crippen LogP contribution in [-0.2, 0) is 0 Å². The van der Waals surface area contributed by atoms with E-state index in [1.807, 2.05) is 30.3 Å². The van der Waals surface area contributed by atoms with E-state index in [-0.39, 0.29) is 0 Å². The summed E-state index contributed by atoms with van der Waals surface area (Å²) in [6.45, 7) is 0.